The molecule has 0 aromatic heterocycles. The van der Waals surface area contributed by atoms with Gasteiger partial charge in [0, 0.05) is 17.2 Å². The van der Waals surface area contributed by atoms with Gasteiger partial charge >= 0.3 is 5.97 Å². The monoisotopic (exact) mass is 416 g/mol. The first-order valence-electron chi connectivity index (χ1n) is 9.41. The van der Waals surface area contributed by atoms with Crippen LogP contribution in [0.3, 0.4) is 0 Å². The van der Waals surface area contributed by atoms with Gasteiger partial charge in [0.15, 0.2) is 6.61 Å². The van der Waals surface area contributed by atoms with Crippen LogP contribution in [-0.2, 0) is 4.79 Å². The third kappa shape index (κ3) is 4.19. The number of nitriles is 1. The van der Waals surface area contributed by atoms with Crippen LogP contribution in [0, 0.1) is 17.1 Å². The van der Waals surface area contributed by atoms with Gasteiger partial charge in [-0.25, -0.2) is 9.18 Å². The number of hydrogen-bond donors (Lipinski definition) is 1. The van der Waals surface area contributed by atoms with Gasteiger partial charge in [-0.3, -0.25) is 0 Å². The molecule has 6 nitrogen and oxygen atoms in total. The molecule has 0 spiro atoms. The van der Waals surface area contributed by atoms with E-state index in [9.17, 15) is 14.4 Å². The molecule has 0 saturated heterocycles. The lowest BCUT2D eigenvalue weighted by Gasteiger charge is -2.27. The molecule has 0 fully saturated rings. The number of halogens is 1. The molecule has 31 heavy (non-hydrogen) atoms. The molecule has 0 saturated carbocycles. The summed E-state index contributed by atoms with van der Waals surface area (Å²) >= 11 is 0. The molecule has 1 atom stereocenters. The summed E-state index contributed by atoms with van der Waals surface area (Å²) in [6.45, 7) is -0.277. The number of esters is 1. The molecule has 7 heteroatoms. The molecule has 1 heterocycles. The van der Waals surface area contributed by atoms with Crippen molar-refractivity contribution in [3.63, 3.8) is 0 Å². The third-order valence-corrected chi connectivity index (χ3v) is 4.74. The zero-order chi connectivity index (χ0) is 21.8. The molecule has 0 radical (unpaired) electrons. The van der Waals surface area contributed by atoms with Crippen molar-refractivity contribution in [3.05, 3.63) is 101 Å². The largest absolute Gasteiger partial charge is 0.482 e. The van der Waals surface area contributed by atoms with E-state index in [0.29, 0.717) is 16.9 Å². The third-order valence-electron chi connectivity index (χ3n) is 4.74. The molecule has 154 valence electrons. The summed E-state index contributed by atoms with van der Waals surface area (Å²) < 4.78 is 30.7. The Morgan fingerprint density at radius 2 is 1.77 bits per heavy atom. The van der Waals surface area contributed by atoms with Crippen LogP contribution in [0.2, 0.25) is 0 Å². The smallest absolute Gasteiger partial charge is 0.349 e. The van der Waals surface area contributed by atoms with E-state index >= 15 is 0 Å². The molecular weight excluding hydrogens is 399 g/mol. The highest BCUT2D eigenvalue weighted by Crippen LogP contribution is 2.44. The highest BCUT2D eigenvalue weighted by molar-refractivity contribution is 5.74. The van der Waals surface area contributed by atoms with Gasteiger partial charge in [-0.2, -0.15) is 5.26 Å². The van der Waals surface area contributed by atoms with Crippen LogP contribution in [0.15, 0.2) is 84.3 Å². The number of nitrogens with two attached hydrogens (primary N) is 1. The van der Waals surface area contributed by atoms with E-state index in [4.69, 9.17) is 19.9 Å². The number of hydrogen-bond acceptors (Lipinski definition) is 6. The normalized spacial score (nSPS) is 14.8. The maximum Gasteiger partial charge on any atom is 0.349 e. The fourth-order valence-corrected chi connectivity index (χ4v) is 3.35. The minimum atomic E-state index is -0.735. The summed E-state index contributed by atoms with van der Waals surface area (Å²) in [4.78, 5) is 12.1. The van der Waals surface area contributed by atoms with Crippen LogP contribution in [0.5, 0.6) is 17.2 Å². The van der Waals surface area contributed by atoms with Crippen molar-refractivity contribution in [2.75, 3.05) is 6.61 Å². The molecule has 1 aliphatic heterocycles. The highest BCUT2D eigenvalue weighted by Gasteiger charge is 2.32. The summed E-state index contributed by atoms with van der Waals surface area (Å²) in [6, 6.07) is 21.7. The molecule has 4 rings (SSSR count). The van der Waals surface area contributed by atoms with E-state index in [1.807, 2.05) is 12.1 Å². The van der Waals surface area contributed by atoms with Gasteiger partial charge < -0.3 is 19.9 Å². The van der Waals surface area contributed by atoms with Crippen molar-refractivity contribution in [1.29, 1.82) is 5.26 Å². The minimum absolute atomic E-state index is 0.110. The van der Waals surface area contributed by atoms with Gasteiger partial charge in [0.25, 0.3) is 0 Å². The molecular formula is C24H17FN2O4. The molecule has 3 aromatic rings. The topological polar surface area (TPSA) is 94.6 Å². The second-order valence-electron chi connectivity index (χ2n) is 6.72. The summed E-state index contributed by atoms with van der Waals surface area (Å²) in [5.41, 5.74) is 6.88. The zero-order valence-corrected chi connectivity index (χ0v) is 16.2. The maximum absolute atomic E-state index is 14.5. The molecule has 3 aromatic carbocycles. The second kappa shape index (κ2) is 8.59. The molecule has 0 aliphatic carbocycles. The average molecular weight is 416 g/mol. The fraction of sp³-hybridized carbons (Fsp3) is 0.0833. The quantitative estimate of drug-likeness (QED) is 0.499. The lowest BCUT2D eigenvalue weighted by molar-refractivity contribution is -0.136. The number of para-hydroxylation sites is 1. The van der Waals surface area contributed by atoms with E-state index in [1.54, 1.807) is 54.6 Å². The average Bonchev–Trinajstić information content (AvgIpc) is 2.78. The van der Waals surface area contributed by atoms with E-state index in [-0.39, 0.29) is 29.6 Å². The van der Waals surface area contributed by atoms with Gasteiger partial charge in [0.1, 0.15) is 34.7 Å². The van der Waals surface area contributed by atoms with Gasteiger partial charge in [-0.15, -0.1) is 0 Å². The number of nitrogens with zero attached hydrogens (tertiary/aromatic N) is 1. The predicted octanol–water partition coefficient (Wildman–Crippen LogP) is 4.03. The van der Waals surface area contributed by atoms with Crippen LogP contribution in [0.1, 0.15) is 17.0 Å². The lowest BCUT2D eigenvalue weighted by atomic mass is 9.83. The van der Waals surface area contributed by atoms with Gasteiger partial charge in [-0.05, 0) is 24.3 Å². The molecule has 1 aliphatic rings. The number of carbonyl (C=O) groups is 1. The summed E-state index contributed by atoms with van der Waals surface area (Å²) in [6.07, 6.45) is 0. The van der Waals surface area contributed by atoms with Gasteiger partial charge in [0.2, 0.25) is 5.88 Å². The first kappa shape index (κ1) is 20.0. The minimum Gasteiger partial charge on any atom is -0.482 e. The first-order chi connectivity index (χ1) is 15.1. The van der Waals surface area contributed by atoms with Crippen LogP contribution < -0.4 is 19.9 Å². The first-order valence-corrected chi connectivity index (χ1v) is 9.41. The number of carbonyl (C=O) groups excluding carboxylic acids is 1. The fourth-order valence-electron chi connectivity index (χ4n) is 3.35. The second-order valence-corrected chi connectivity index (χ2v) is 6.72. The van der Waals surface area contributed by atoms with Crippen molar-refractivity contribution in [2.24, 2.45) is 5.73 Å². The standard InChI is InChI=1S/C24H17FN2O4/c25-20-9-5-4-8-17(20)23-18-11-10-16(12-21(18)31-24(27)19(23)13-26)30-22(28)14-29-15-6-2-1-3-7-15/h1-12,23H,14,27H2. The van der Waals surface area contributed by atoms with E-state index in [2.05, 4.69) is 0 Å². The Morgan fingerprint density at radius 1 is 1.03 bits per heavy atom. The van der Waals surface area contributed by atoms with E-state index < -0.39 is 17.7 Å². The van der Waals surface area contributed by atoms with Gasteiger partial charge in [0.05, 0.1) is 5.92 Å². The van der Waals surface area contributed by atoms with Crippen molar-refractivity contribution in [1.82, 2.24) is 0 Å². The number of allylic oxidation sites excluding steroid dienone is 1. The Bertz CT molecular complexity index is 1200. The predicted molar refractivity (Wildman–Crippen MR) is 110 cm³/mol. The Hall–Kier alpha value is -4.31. The van der Waals surface area contributed by atoms with E-state index in [1.165, 1.54) is 12.1 Å². The van der Waals surface area contributed by atoms with Crippen molar-refractivity contribution in [3.8, 4) is 23.3 Å². The number of rotatable bonds is 5. The zero-order valence-electron chi connectivity index (χ0n) is 16.2. The van der Waals surface area contributed by atoms with Crippen LogP contribution in [0.25, 0.3) is 0 Å². The Morgan fingerprint density at radius 3 is 2.52 bits per heavy atom. The lowest BCUT2D eigenvalue weighted by Crippen LogP contribution is -2.22. The molecule has 0 amide bonds. The van der Waals surface area contributed by atoms with Gasteiger partial charge in [-0.1, -0.05) is 42.5 Å². The van der Waals surface area contributed by atoms with Crippen molar-refractivity contribution >= 4 is 5.97 Å². The van der Waals surface area contributed by atoms with Crippen LogP contribution in [0.4, 0.5) is 4.39 Å². The van der Waals surface area contributed by atoms with Crippen LogP contribution in [-0.4, -0.2) is 12.6 Å². The number of fused-ring (bicyclic) bond motifs is 1. The number of ether oxygens (including phenoxy) is 3. The Kier molecular flexibility index (Phi) is 5.54. The molecule has 0 bridgehead atoms. The Labute approximate surface area is 177 Å². The summed E-state index contributed by atoms with van der Waals surface area (Å²) in [5.74, 6) is -0.899. The number of benzene rings is 3. The Balaban J connectivity index is 1.58. The molecule has 2 N–H and O–H groups in total. The SMILES string of the molecule is N#CC1=C(N)Oc2cc(OC(=O)COc3ccccc3)ccc2C1c1ccccc1F. The summed E-state index contributed by atoms with van der Waals surface area (Å²) in [5, 5.41) is 9.56. The maximum atomic E-state index is 14.5. The molecule has 1 unspecified atom stereocenters. The van der Waals surface area contributed by atoms with Crippen LogP contribution >= 0.6 is 0 Å². The van der Waals surface area contributed by atoms with Crippen molar-refractivity contribution < 1.29 is 23.4 Å². The van der Waals surface area contributed by atoms with E-state index in [0.717, 1.165) is 0 Å². The summed E-state index contributed by atoms with van der Waals surface area (Å²) in [7, 11) is 0. The van der Waals surface area contributed by atoms with Crippen molar-refractivity contribution in [2.45, 2.75) is 5.92 Å². The highest BCUT2D eigenvalue weighted by atomic mass is 19.1.